The highest BCUT2D eigenvalue weighted by Gasteiger charge is 2.23. The van der Waals surface area contributed by atoms with E-state index in [0.717, 1.165) is 12.4 Å². The van der Waals surface area contributed by atoms with Crippen LogP contribution in [0.25, 0.3) is 0 Å². The molecule has 3 nitrogen and oxygen atoms in total. The van der Waals surface area contributed by atoms with E-state index in [9.17, 15) is 0 Å². The number of hydrogen-bond donors (Lipinski definition) is 1. The van der Waals surface area contributed by atoms with E-state index in [4.69, 9.17) is 9.47 Å². The minimum Gasteiger partial charge on any atom is -0.491 e. The van der Waals surface area contributed by atoms with Gasteiger partial charge in [0.15, 0.2) is 0 Å². The van der Waals surface area contributed by atoms with Crippen molar-refractivity contribution in [2.24, 2.45) is 0 Å². The van der Waals surface area contributed by atoms with Crippen LogP contribution in [0.4, 0.5) is 5.69 Å². The number of ether oxygens (including phenoxy) is 2. The molecule has 80 valence electrons. The van der Waals surface area contributed by atoms with Crippen LogP contribution in [0.3, 0.4) is 0 Å². The zero-order valence-electron chi connectivity index (χ0n) is 8.53. The van der Waals surface area contributed by atoms with E-state index >= 15 is 0 Å². The molecule has 0 saturated carbocycles. The lowest BCUT2D eigenvalue weighted by Crippen LogP contribution is -2.05. The Hall–Kier alpha value is -0.870. The summed E-state index contributed by atoms with van der Waals surface area (Å²) in [7, 11) is 0. The lowest BCUT2D eigenvalue weighted by atomic mass is 10.3. The van der Waals surface area contributed by atoms with E-state index in [-0.39, 0.29) is 0 Å². The second-order valence-corrected chi connectivity index (χ2v) is 5.21. The number of epoxide rings is 1. The first-order chi connectivity index (χ1) is 7.31. The first kappa shape index (κ1) is 9.36. The van der Waals surface area contributed by atoms with Gasteiger partial charge >= 0.3 is 0 Å². The smallest absolute Gasteiger partial charge is 0.121 e. The van der Waals surface area contributed by atoms with E-state index in [1.807, 2.05) is 17.8 Å². The van der Waals surface area contributed by atoms with Gasteiger partial charge in [-0.1, -0.05) is 11.8 Å². The number of nitrogens with one attached hydrogen (secondary N) is 1. The normalized spacial score (nSPS) is 27.0. The standard InChI is InChI=1S/C11H13NO2S/c1-7-12-10-4-8(2-3-11(10)15-7)13-5-9-6-14-9/h2-4,7,9,12H,5-6H2,1H3/t7?,9-/m0/s1. The second kappa shape index (κ2) is 3.61. The summed E-state index contributed by atoms with van der Waals surface area (Å²) in [6.45, 7) is 3.67. The van der Waals surface area contributed by atoms with E-state index < -0.39 is 0 Å². The van der Waals surface area contributed by atoms with Gasteiger partial charge in [-0.15, -0.1) is 0 Å². The van der Waals surface area contributed by atoms with Gasteiger partial charge < -0.3 is 14.8 Å². The quantitative estimate of drug-likeness (QED) is 0.797. The van der Waals surface area contributed by atoms with Gasteiger partial charge in [0.2, 0.25) is 0 Å². The average molecular weight is 223 g/mol. The van der Waals surface area contributed by atoms with Gasteiger partial charge in [0, 0.05) is 11.0 Å². The fraction of sp³-hybridized carbons (Fsp3) is 0.455. The Bertz CT molecular complexity index is 379. The molecule has 1 fully saturated rings. The van der Waals surface area contributed by atoms with Gasteiger partial charge in [-0.2, -0.15) is 0 Å². The maximum absolute atomic E-state index is 5.62. The highest BCUT2D eigenvalue weighted by molar-refractivity contribution is 8.00. The molecule has 1 aromatic carbocycles. The van der Waals surface area contributed by atoms with Crippen molar-refractivity contribution in [3.63, 3.8) is 0 Å². The van der Waals surface area contributed by atoms with Gasteiger partial charge in [0.25, 0.3) is 0 Å². The topological polar surface area (TPSA) is 33.8 Å². The molecule has 1 N–H and O–H groups in total. The van der Waals surface area contributed by atoms with Crippen LogP contribution < -0.4 is 10.1 Å². The van der Waals surface area contributed by atoms with Crippen LogP contribution in [-0.2, 0) is 4.74 Å². The molecule has 1 unspecified atom stereocenters. The monoisotopic (exact) mass is 223 g/mol. The molecule has 15 heavy (non-hydrogen) atoms. The summed E-state index contributed by atoms with van der Waals surface area (Å²) in [5, 5.41) is 3.85. The number of benzene rings is 1. The van der Waals surface area contributed by atoms with Crippen LogP contribution in [-0.4, -0.2) is 24.7 Å². The predicted molar refractivity (Wildman–Crippen MR) is 60.6 cm³/mol. The Morgan fingerprint density at radius 3 is 3.27 bits per heavy atom. The number of rotatable bonds is 3. The van der Waals surface area contributed by atoms with Crippen LogP contribution >= 0.6 is 11.8 Å². The van der Waals surface area contributed by atoms with Crippen LogP contribution in [0, 0.1) is 0 Å². The molecule has 2 aliphatic rings. The second-order valence-electron chi connectivity index (χ2n) is 3.83. The molecule has 0 radical (unpaired) electrons. The summed E-state index contributed by atoms with van der Waals surface area (Å²) in [6, 6.07) is 6.20. The molecular weight excluding hydrogens is 210 g/mol. The zero-order chi connectivity index (χ0) is 10.3. The van der Waals surface area contributed by atoms with Crippen molar-refractivity contribution in [2.45, 2.75) is 23.3 Å². The third-order valence-electron chi connectivity index (χ3n) is 2.45. The Balaban J connectivity index is 1.71. The number of hydrogen-bond acceptors (Lipinski definition) is 4. The molecule has 0 spiro atoms. The predicted octanol–water partition coefficient (Wildman–Crippen LogP) is 2.33. The number of anilines is 1. The molecule has 3 rings (SSSR count). The minimum atomic E-state index is 0.319. The van der Waals surface area contributed by atoms with Crippen molar-refractivity contribution < 1.29 is 9.47 Å². The van der Waals surface area contributed by atoms with Gasteiger partial charge in [-0.05, 0) is 19.1 Å². The summed E-state index contributed by atoms with van der Waals surface area (Å²) in [5.41, 5.74) is 1.18. The van der Waals surface area contributed by atoms with Crippen molar-refractivity contribution >= 4 is 17.4 Å². The summed E-state index contributed by atoms with van der Waals surface area (Å²) in [6.07, 6.45) is 0.319. The maximum atomic E-state index is 5.62. The lowest BCUT2D eigenvalue weighted by Gasteiger charge is -2.06. The third-order valence-corrected chi connectivity index (χ3v) is 3.53. The molecule has 1 saturated heterocycles. The number of thioether (sulfide) groups is 1. The zero-order valence-corrected chi connectivity index (χ0v) is 9.34. The first-order valence-electron chi connectivity index (χ1n) is 5.13. The highest BCUT2D eigenvalue weighted by Crippen LogP contribution is 2.39. The van der Waals surface area contributed by atoms with Gasteiger partial charge in [-0.3, -0.25) is 0 Å². The van der Waals surface area contributed by atoms with Crippen LogP contribution in [0.5, 0.6) is 5.75 Å². The van der Waals surface area contributed by atoms with E-state index in [1.165, 1.54) is 10.6 Å². The van der Waals surface area contributed by atoms with Crippen molar-refractivity contribution in [1.82, 2.24) is 0 Å². The van der Waals surface area contributed by atoms with Gasteiger partial charge in [0.1, 0.15) is 18.5 Å². The molecule has 1 aromatic rings. The average Bonchev–Trinajstić information content (AvgIpc) is 2.96. The van der Waals surface area contributed by atoms with E-state index in [0.29, 0.717) is 18.1 Å². The molecule has 0 aromatic heterocycles. The number of fused-ring (bicyclic) bond motifs is 1. The minimum absolute atomic E-state index is 0.319. The Morgan fingerprint density at radius 1 is 1.60 bits per heavy atom. The van der Waals surface area contributed by atoms with Crippen LogP contribution in [0.15, 0.2) is 23.1 Å². The summed E-state index contributed by atoms with van der Waals surface area (Å²) in [5.74, 6) is 0.923. The van der Waals surface area contributed by atoms with E-state index in [1.54, 1.807) is 0 Å². The molecule has 2 aliphatic heterocycles. The largest absolute Gasteiger partial charge is 0.491 e. The molecule has 2 atom stereocenters. The molecule has 0 aliphatic carbocycles. The Kier molecular flexibility index (Phi) is 2.25. The van der Waals surface area contributed by atoms with Crippen molar-refractivity contribution in [3.8, 4) is 5.75 Å². The van der Waals surface area contributed by atoms with Crippen molar-refractivity contribution in [3.05, 3.63) is 18.2 Å². The maximum Gasteiger partial charge on any atom is 0.121 e. The Labute approximate surface area is 93.1 Å². The molecule has 2 heterocycles. The first-order valence-corrected chi connectivity index (χ1v) is 6.01. The summed E-state index contributed by atoms with van der Waals surface area (Å²) >= 11 is 1.85. The fourth-order valence-corrected chi connectivity index (χ4v) is 2.56. The van der Waals surface area contributed by atoms with Gasteiger partial charge in [0.05, 0.1) is 17.7 Å². The molecule has 0 bridgehead atoms. The Morgan fingerprint density at radius 2 is 2.47 bits per heavy atom. The fourth-order valence-electron chi connectivity index (χ4n) is 1.61. The third kappa shape index (κ3) is 2.06. The molecule has 4 heteroatoms. The van der Waals surface area contributed by atoms with Crippen LogP contribution in [0.1, 0.15) is 6.92 Å². The highest BCUT2D eigenvalue weighted by atomic mass is 32.2. The SMILES string of the molecule is CC1Nc2cc(OC[C@H]3CO3)ccc2S1. The van der Waals surface area contributed by atoms with E-state index in [2.05, 4.69) is 24.4 Å². The summed E-state index contributed by atoms with van der Waals surface area (Å²) < 4.78 is 10.7. The lowest BCUT2D eigenvalue weighted by molar-refractivity contribution is 0.263. The van der Waals surface area contributed by atoms with Gasteiger partial charge in [-0.25, -0.2) is 0 Å². The van der Waals surface area contributed by atoms with Crippen molar-refractivity contribution in [1.29, 1.82) is 0 Å². The molecule has 0 amide bonds. The molecular formula is C11H13NO2S. The van der Waals surface area contributed by atoms with Crippen LogP contribution in [0.2, 0.25) is 0 Å². The van der Waals surface area contributed by atoms with Crippen molar-refractivity contribution in [2.75, 3.05) is 18.5 Å². The summed E-state index contributed by atoms with van der Waals surface area (Å²) in [4.78, 5) is 1.30.